The Labute approximate surface area is 164 Å². The van der Waals surface area contributed by atoms with E-state index in [4.69, 9.17) is 5.14 Å². The minimum Gasteiger partial charge on any atom is -0.338 e. The van der Waals surface area contributed by atoms with Crippen molar-refractivity contribution >= 4 is 27.5 Å². The largest absolute Gasteiger partial charge is 0.338 e. The van der Waals surface area contributed by atoms with Crippen LogP contribution in [0, 0.1) is 0 Å². The SMILES string of the molecule is CCc1ccc(NC(=O)c2ccc(CN3CCCC3=O)cc2)cc1S(N)(=O)=O. The van der Waals surface area contributed by atoms with Gasteiger partial charge in [-0.05, 0) is 48.2 Å². The lowest BCUT2D eigenvalue weighted by Gasteiger charge is -2.15. The third-order valence-corrected chi connectivity index (χ3v) is 5.77. The molecule has 0 unspecified atom stereocenters. The Hall–Kier alpha value is -2.71. The van der Waals surface area contributed by atoms with Gasteiger partial charge in [0.15, 0.2) is 0 Å². The number of aryl methyl sites for hydroxylation is 1. The van der Waals surface area contributed by atoms with Crippen LogP contribution in [0.4, 0.5) is 5.69 Å². The second-order valence-electron chi connectivity index (χ2n) is 6.79. The van der Waals surface area contributed by atoms with Crippen LogP contribution in [-0.4, -0.2) is 31.7 Å². The van der Waals surface area contributed by atoms with E-state index in [1.54, 1.807) is 29.2 Å². The van der Waals surface area contributed by atoms with Crippen molar-refractivity contribution in [1.29, 1.82) is 0 Å². The van der Waals surface area contributed by atoms with Crippen molar-refractivity contribution in [3.63, 3.8) is 0 Å². The van der Waals surface area contributed by atoms with E-state index in [0.717, 1.165) is 18.5 Å². The topological polar surface area (TPSA) is 110 Å². The molecule has 2 amide bonds. The number of nitrogens with zero attached hydrogens (tertiary/aromatic N) is 1. The van der Waals surface area contributed by atoms with Crippen LogP contribution in [0.3, 0.4) is 0 Å². The highest BCUT2D eigenvalue weighted by molar-refractivity contribution is 7.89. The Morgan fingerprint density at radius 3 is 2.46 bits per heavy atom. The summed E-state index contributed by atoms with van der Waals surface area (Å²) in [4.78, 5) is 26.0. The third-order valence-electron chi connectivity index (χ3n) is 4.77. The van der Waals surface area contributed by atoms with Crippen LogP contribution in [0.25, 0.3) is 0 Å². The van der Waals surface area contributed by atoms with Crippen LogP contribution >= 0.6 is 0 Å². The van der Waals surface area contributed by atoms with Crippen molar-refractivity contribution in [3.05, 3.63) is 59.2 Å². The van der Waals surface area contributed by atoms with E-state index in [9.17, 15) is 18.0 Å². The van der Waals surface area contributed by atoms with E-state index in [2.05, 4.69) is 5.32 Å². The molecule has 3 rings (SSSR count). The minimum absolute atomic E-state index is 0.0124. The van der Waals surface area contributed by atoms with Crippen LogP contribution in [0.2, 0.25) is 0 Å². The molecule has 7 nitrogen and oxygen atoms in total. The quantitative estimate of drug-likeness (QED) is 0.774. The molecule has 0 aliphatic carbocycles. The summed E-state index contributed by atoms with van der Waals surface area (Å²) < 4.78 is 23.5. The number of hydrogen-bond donors (Lipinski definition) is 2. The van der Waals surface area contributed by atoms with Crippen LogP contribution in [0.15, 0.2) is 47.4 Å². The zero-order chi connectivity index (χ0) is 20.3. The molecule has 0 saturated carbocycles. The molecule has 3 N–H and O–H groups in total. The van der Waals surface area contributed by atoms with Crippen molar-refractivity contribution in [1.82, 2.24) is 4.90 Å². The number of anilines is 1. The van der Waals surface area contributed by atoms with Gasteiger partial charge in [-0.1, -0.05) is 25.1 Å². The number of carbonyl (C=O) groups is 2. The van der Waals surface area contributed by atoms with Gasteiger partial charge in [-0.25, -0.2) is 13.6 Å². The van der Waals surface area contributed by atoms with Gasteiger partial charge >= 0.3 is 0 Å². The monoisotopic (exact) mass is 401 g/mol. The highest BCUT2D eigenvalue weighted by Gasteiger charge is 2.20. The zero-order valence-electron chi connectivity index (χ0n) is 15.6. The Balaban J connectivity index is 1.72. The lowest BCUT2D eigenvalue weighted by Crippen LogP contribution is -2.23. The van der Waals surface area contributed by atoms with Gasteiger partial charge in [-0.15, -0.1) is 0 Å². The number of rotatable bonds is 6. The van der Waals surface area contributed by atoms with E-state index >= 15 is 0 Å². The van der Waals surface area contributed by atoms with Crippen molar-refractivity contribution in [2.45, 2.75) is 37.6 Å². The van der Waals surface area contributed by atoms with Gasteiger partial charge in [-0.3, -0.25) is 9.59 Å². The first-order chi connectivity index (χ1) is 13.3. The van der Waals surface area contributed by atoms with Crippen LogP contribution < -0.4 is 10.5 Å². The first kappa shape index (κ1) is 20.0. The normalized spacial score (nSPS) is 14.4. The molecule has 0 spiro atoms. The van der Waals surface area contributed by atoms with Crippen LogP contribution in [0.5, 0.6) is 0 Å². The molecule has 1 heterocycles. The summed E-state index contributed by atoms with van der Waals surface area (Å²) in [5, 5.41) is 7.97. The number of nitrogens with two attached hydrogens (primary N) is 1. The van der Waals surface area contributed by atoms with E-state index in [0.29, 0.717) is 36.2 Å². The maximum Gasteiger partial charge on any atom is 0.255 e. The molecule has 8 heteroatoms. The second-order valence-corrected chi connectivity index (χ2v) is 8.32. The number of sulfonamides is 1. The fraction of sp³-hybridized carbons (Fsp3) is 0.300. The Morgan fingerprint density at radius 2 is 1.89 bits per heavy atom. The number of benzene rings is 2. The summed E-state index contributed by atoms with van der Waals surface area (Å²) in [5.74, 6) is -0.198. The molecule has 0 radical (unpaired) electrons. The Morgan fingerprint density at radius 1 is 1.18 bits per heavy atom. The molecule has 28 heavy (non-hydrogen) atoms. The number of primary sulfonamides is 1. The van der Waals surface area contributed by atoms with Crippen molar-refractivity contribution in [3.8, 4) is 0 Å². The average Bonchev–Trinajstić information content (AvgIpc) is 3.06. The molecule has 1 saturated heterocycles. The third kappa shape index (κ3) is 4.58. The van der Waals surface area contributed by atoms with Gasteiger partial charge < -0.3 is 10.2 Å². The summed E-state index contributed by atoms with van der Waals surface area (Å²) in [6.07, 6.45) is 2.00. The molecule has 1 aliphatic rings. The average molecular weight is 401 g/mol. The maximum atomic E-state index is 12.5. The smallest absolute Gasteiger partial charge is 0.255 e. The highest BCUT2D eigenvalue weighted by atomic mass is 32.2. The van der Waals surface area contributed by atoms with Gasteiger partial charge in [0.2, 0.25) is 15.9 Å². The van der Waals surface area contributed by atoms with Crippen molar-refractivity contribution < 1.29 is 18.0 Å². The fourth-order valence-electron chi connectivity index (χ4n) is 3.25. The summed E-state index contributed by atoms with van der Waals surface area (Å²) >= 11 is 0. The summed E-state index contributed by atoms with van der Waals surface area (Å²) in [5.41, 5.74) is 2.35. The minimum atomic E-state index is -3.87. The molecule has 0 bridgehead atoms. The summed E-state index contributed by atoms with van der Waals surface area (Å²) in [6.45, 7) is 3.14. The number of nitrogens with one attached hydrogen (secondary N) is 1. The lowest BCUT2D eigenvalue weighted by molar-refractivity contribution is -0.128. The maximum absolute atomic E-state index is 12.5. The van der Waals surface area contributed by atoms with Gasteiger partial charge in [0.05, 0.1) is 4.90 Å². The predicted octanol–water partition coefficient (Wildman–Crippen LogP) is 2.27. The number of hydrogen-bond acceptors (Lipinski definition) is 4. The van der Waals surface area contributed by atoms with Gasteiger partial charge in [0.1, 0.15) is 0 Å². The van der Waals surface area contributed by atoms with E-state index < -0.39 is 10.0 Å². The fourth-order valence-corrected chi connectivity index (χ4v) is 4.11. The van der Waals surface area contributed by atoms with Gasteiger partial charge in [0, 0.05) is 30.8 Å². The van der Waals surface area contributed by atoms with E-state index in [1.165, 1.54) is 6.07 Å². The number of likely N-dealkylation sites (tertiary alicyclic amines) is 1. The Kier molecular flexibility index (Phi) is 5.81. The van der Waals surface area contributed by atoms with Gasteiger partial charge in [-0.2, -0.15) is 0 Å². The lowest BCUT2D eigenvalue weighted by atomic mass is 10.1. The standard InChI is InChI=1S/C20H23N3O4S/c1-2-15-9-10-17(12-18(15)28(21,26)27)22-20(25)16-7-5-14(6-8-16)13-23-11-3-4-19(23)24/h5-10,12H,2-4,11,13H2,1H3,(H,22,25)(H2,21,26,27). The summed E-state index contributed by atoms with van der Waals surface area (Å²) in [7, 11) is -3.87. The molecule has 0 atom stereocenters. The van der Waals surface area contributed by atoms with Crippen molar-refractivity contribution in [2.75, 3.05) is 11.9 Å². The molecular formula is C20H23N3O4S. The molecule has 2 aromatic rings. The Bertz CT molecular complexity index is 1000. The molecule has 148 valence electrons. The predicted molar refractivity (Wildman–Crippen MR) is 106 cm³/mol. The van der Waals surface area contributed by atoms with Crippen LogP contribution in [-0.2, 0) is 27.8 Å². The highest BCUT2D eigenvalue weighted by Crippen LogP contribution is 2.21. The zero-order valence-corrected chi connectivity index (χ0v) is 16.5. The second kappa shape index (κ2) is 8.12. The van der Waals surface area contributed by atoms with E-state index in [-0.39, 0.29) is 16.7 Å². The molecule has 2 aromatic carbocycles. The van der Waals surface area contributed by atoms with Crippen molar-refractivity contribution in [2.24, 2.45) is 5.14 Å². The molecule has 1 aliphatic heterocycles. The molecular weight excluding hydrogens is 378 g/mol. The molecule has 1 fully saturated rings. The van der Waals surface area contributed by atoms with E-state index in [1.807, 2.05) is 19.1 Å². The first-order valence-electron chi connectivity index (χ1n) is 9.11. The van der Waals surface area contributed by atoms with Crippen LogP contribution in [0.1, 0.15) is 41.3 Å². The summed E-state index contributed by atoms with van der Waals surface area (Å²) in [6, 6.07) is 11.7. The first-order valence-corrected chi connectivity index (χ1v) is 10.7. The number of amides is 2. The van der Waals surface area contributed by atoms with Gasteiger partial charge in [0.25, 0.3) is 5.91 Å². The molecule has 0 aromatic heterocycles. The number of carbonyl (C=O) groups excluding carboxylic acids is 2.